The number of amides is 1. The molecule has 2 saturated heterocycles. The van der Waals surface area contributed by atoms with Gasteiger partial charge in [-0.1, -0.05) is 24.6 Å². The first-order valence-corrected chi connectivity index (χ1v) is 14.4. The molecule has 8 heteroatoms. The molecular weight excluding hydrogens is 500 g/mol. The second-order valence-corrected chi connectivity index (χ2v) is 11.1. The van der Waals surface area contributed by atoms with Crippen LogP contribution in [-0.4, -0.2) is 67.4 Å². The number of ketones is 1. The summed E-state index contributed by atoms with van der Waals surface area (Å²) in [6.45, 7) is 4.34. The Morgan fingerprint density at radius 2 is 1.62 bits per heavy atom. The molecule has 3 aromatic heterocycles. The second kappa shape index (κ2) is 11.7. The number of hydrogen-bond donors (Lipinski definition) is 0. The van der Waals surface area contributed by atoms with Crippen molar-refractivity contribution in [2.45, 2.75) is 45.1 Å². The van der Waals surface area contributed by atoms with Crippen LogP contribution in [0, 0.1) is 5.92 Å². The van der Waals surface area contributed by atoms with E-state index in [1.165, 1.54) is 25.0 Å². The van der Waals surface area contributed by atoms with E-state index in [-0.39, 0.29) is 17.6 Å². The summed E-state index contributed by atoms with van der Waals surface area (Å²) < 4.78 is 1.96. The van der Waals surface area contributed by atoms with Gasteiger partial charge in [0.1, 0.15) is 5.78 Å². The average molecular weight is 537 g/mol. The number of piperidine rings is 2. The van der Waals surface area contributed by atoms with Crippen molar-refractivity contribution >= 4 is 22.5 Å². The Hall–Kier alpha value is -3.91. The minimum atomic E-state index is -0.0435. The van der Waals surface area contributed by atoms with E-state index in [0.717, 1.165) is 47.4 Å². The predicted molar refractivity (Wildman–Crippen MR) is 155 cm³/mol. The summed E-state index contributed by atoms with van der Waals surface area (Å²) in [6, 6.07) is 13.5. The van der Waals surface area contributed by atoms with Gasteiger partial charge in [-0.05, 0) is 68.4 Å². The van der Waals surface area contributed by atoms with E-state index in [1.807, 2.05) is 71.6 Å². The van der Waals surface area contributed by atoms with Crippen LogP contribution < -0.4 is 0 Å². The van der Waals surface area contributed by atoms with Gasteiger partial charge < -0.3 is 4.90 Å². The molecule has 0 saturated carbocycles. The Bertz CT molecular complexity index is 1500. The molecule has 1 amide bonds. The standard InChI is InChI=1S/C32H36N6O2/c1-36-30(22-37-12-6-3-7-13-37)28(21-35-36)29-17-25-16-27(33-19-26(25)20-34-29)18-31(39)23-10-14-38(15-11-23)32(40)24-8-4-2-5-9-24/h2,4-5,8-9,16-17,19-21,23H,3,6-7,10-15,18,22H2,1H3. The molecule has 40 heavy (non-hydrogen) atoms. The zero-order chi connectivity index (χ0) is 27.5. The molecule has 0 spiro atoms. The SMILES string of the molecule is Cn1ncc(-c2cc3cc(CC(=O)C4CCN(C(=O)c5ccccc5)CC4)ncc3cn2)c1CN1CCCCC1. The highest BCUT2D eigenvalue weighted by molar-refractivity contribution is 5.94. The number of fused-ring (bicyclic) bond motifs is 1. The quantitative estimate of drug-likeness (QED) is 0.341. The van der Waals surface area contributed by atoms with Gasteiger partial charge in [-0.25, -0.2) is 0 Å². The molecule has 0 aliphatic carbocycles. The van der Waals surface area contributed by atoms with E-state index in [9.17, 15) is 9.59 Å². The number of pyridine rings is 2. The van der Waals surface area contributed by atoms with Crippen molar-refractivity contribution in [1.29, 1.82) is 0 Å². The summed E-state index contributed by atoms with van der Waals surface area (Å²) in [4.78, 5) is 39.6. The lowest BCUT2D eigenvalue weighted by atomic mass is 9.89. The minimum Gasteiger partial charge on any atom is -0.339 e. The number of aryl methyl sites for hydroxylation is 1. The molecule has 5 heterocycles. The summed E-state index contributed by atoms with van der Waals surface area (Å²) in [5.74, 6) is 0.196. The molecule has 206 valence electrons. The number of benzene rings is 1. The van der Waals surface area contributed by atoms with Gasteiger partial charge in [0.25, 0.3) is 5.91 Å². The lowest BCUT2D eigenvalue weighted by molar-refractivity contribution is -0.123. The molecule has 2 aliphatic heterocycles. The Balaban J connectivity index is 1.13. The van der Waals surface area contributed by atoms with E-state index in [1.54, 1.807) is 0 Å². The minimum absolute atomic E-state index is 0.0415. The van der Waals surface area contributed by atoms with Crippen LogP contribution in [0.25, 0.3) is 22.0 Å². The van der Waals surface area contributed by atoms with E-state index in [4.69, 9.17) is 4.98 Å². The fraction of sp³-hybridized carbons (Fsp3) is 0.406. The topological polar surface area (TPSA) is 84.2 Å². The number of aromatic nitrogens is 4. The highest BCUT2D eigenvalue weighted by atomic mass is 16.2. The van der Waals surface area contributed by atoms with Gasteiger partial charge in [0.2, 0.25) is 0 Å². The highest BCUT2D eigenvalue weighted by Crippen LogP contribution is 2.27. The Kier molecular flexibility index (Phi) is 7.68. The Labute approximate surface area is 235 Å². The third-order valence-electron chi connectivity index (χ3n) is 8.43. The van der Waals surface area contributed by atoms with Gasteiger partial charge in [0, 0.05) is 73.6 Å². The first-order valence-electron chi connectivity index (χ1n) is 14.4. The van der Waals surface area contributed by atoms with E-state index in [2.05, 4.69) is 21.0 Å². The van der Waals surface area contributed by atoms with E-state index in [0.29, 0.717) is 37.9 Å². The molecule has 0 atom stereocenters. The van der Waals surface area contributed by atoms with Gasteiger partial charge in [-0.15, -0.1) is 0 Å². The van der Waals surface area contributed by atoms with E-state index >= 15 is 0 Å². The van der Waals surface area contributed by atoms with Crippen LogP contribution in [0.15, 0.2) is 61.1 Å². The number of Topliss-reactive ketones (excluding diaryl/α,β-unsaturated/α-hetero) is 1. The fourth-order valence-corrected chi connectivity index (χ4v) is 6.01. The molecule has 8 nitrogen and oxygen atoms in total. The zero-order valence-corrected chi connectivity index (χ0v) is 23.1. The van der Waals surface area contributed by atoms with Gasteiger partial charge in [-0.3, -0.25) is 29.1 Å². The summed E-state index contributed by atoms with van der Waals surface area (Å²) in [7, 11) is 2.00. The first kappa shape index (κ1) is 26.3. The van der Waals surface area contributed by atoms with Crippen molar-refractivity contribution in [3.63, 3.8) is 0 Å². The summed E-state index contributed by atoms with van der Waals surface area (Å²) in [6.07, 6.45) is 11.1. The maximum atomic E-state index is 13.2. The molecule has 4 aromatic rings. The summed E-state index contributed by atoms with van der Waals surface area (Å²) >= 11 is 0. The Morgan fingerprint density at radius 3 is 2.40 bits per heavy atom. The van der Waals surface area contributed by atoms with Gasteiger partial charge in [-0.2, -0.15) is 5.10 Å². The van der Waals surface area contributed by atoms with Crippen molar-refractivity contribution in [2.24, 2.45) is 13.0 Å². The number of rotatable bonds is 7. The predicted octanol–water partition coefficient (Wildman–Crippen LogP) is 4.68. The van der Waals surface area contributed by atoms with Crippen LogP contribution in [0.5, 0.6) is 0 Å². The lowest BCUT2D eigenvalue weighted by Crippen LogP contribution is -2.40. The largest absolute Gasteiger partial charge is 0.339 e. The van der Waals surface area contributed by atoms with Crippen molar-refractivity contribution in [1.82, 2.24) is 29.5 Å². The number of carbonyl (C=O) groups excluding carboxylic acids is 2. The summed E-state index contributed by atoms with van der Waals surface area (Å²) in [5.41, 5.74) is 4.60. The van der Waals surface area contributed by atoms with Crippen molar-refractivity contribution < 1.29 is 9.59 Å². The maximum Gasteiger partial charge on any atom is 0.253 e. The molecule has 2 aliphatic rings. The molecule has 2 fully saturated rings. The summed E-state index contributed by atoms with van der Waals surface area (Å²) in [5, 5.41) is 6.53. The van der Waals surface area contributed by atoms with Gasteiger partial charge >= 0.3 is 0 Å². The smallest absolute Gasteiger partial charge is 0.253 e. The van der Waals surface area contributed by atoms with Crippen LogP contribution in [0.3, 0.4) is 0 Å². The van der Waals surface area contributed by atoms with Crippen molar-refractivity contribution in [3.8, 4) is 11.3 Å². The third kappa shape index (κ3) is 5.68. The number of nitrogens with zero attached hydrogens (tertiary/aromatic N) is 6. The Morgan fingerprint density at radius 1 is 0.875 bits per heavy atom. The van der Waals surface area contributed by atoms with Crippen molar-refractivity contribution in [3.05, 3.63) is 78.0 Å². The number of carbonyl (C=O) groups is 2. The van der Waals surface area contributed by atoms with Gasteiger partial charge in [0.15, 0.2) is 0 Å². The molecule has 0 radical (unpaired) electrons. The molecule has 0 bridgehead atoms. The van der Waals surface area contributed by atoms with Crippen LogP contribution in [0.4, 0.5) is 0 Å². The normalized spacial score (nSPS) is 16.9. The average Bonchev–Trinajstić information content (AvgIpc) is 3.37. The molecule has 0 unspecified atom stereocenters. The maximum absolute atomic E-state index is 13.2. The molecule has 6 rings (SSSR count). The number of likely N-dealkylation sites (tertiary alicyclic amines) is 2. The van der Waals surface area contributed by atoms with Crippen LogP contribution in [0.1, 0.15) is 53.8 Å². The molecule has 1 aromatic carbocycles. The van der Waals surface area contributed by atoms with Crippen LogP contribution in [-0.2, 0) is 24.8 Å². The number of hydrogen-bond acceptors (Lipinski definition) is 6. The van der Waals surface area contributed by atoms with Crippen LogP contribution in [0.2, 0.25) is 0 Å². The fourth-order valence-electron chi connectivity index (χ4n) is 6.01. The van der Waals surface area contributed by atoms with Crippen LogP contribution >= 0.6 is 0 Å². The van der Waals surface area contributed by atoms with E-state index < -0.39 is 0 Å². The first-order chi connectivity index (χ1) is 19.5. The zero-order valence-electron chi connectivity index (χ0n) is 23.1. The molecule has 0 N–H and O–H groups in total. The highest BCUT2D eigenvalue weighted by Gasteiger charge is 2.28. The monoisotopic (exact) mass is 536 g/mol. The van der Waals surface area contributed by atoms with Gasteiger partial charge in [0.05, 0.1) is 17.6 Å². The lowest BCUT2D eigenvalue weighted by Gasteiger charge is -2.31. The molecular formula is C32H36N6O2. The van der Waals surface area contributed by atoms with Crippen molar-refractivity contribution in [2.75, 3.05) is 26.2 Å². The third-order valence-corrected chi connectivity index (χ3v) is 8.43. The second-order valence-electron chi connectivity index (χ2n) is 11.1.